The van der Waals surface area contributed by atoms with Crippen LogP contribution in [0.1, 0.15) is 26.3 Å². The molecule has 1 amide bonds. The number of hydrazone groups is 1. The predicted octanol–water partition coefficient (Wildman–Crippen LogP) is 5.01. The Morgan fingerprint density at radius 2 is 1.79 bits per heavy atom. The van der Waals surface area contributed by atoms with Gasteiger partial charge in [-0.3, -0.25) is 4.79 Å². The SMILES string of the molecule is C=CCOc1ccc(Br)cc1C(=O)NN=Cc1ccc(OC(=O)c2ccccc2)c(OC)c1. The fourth-order valence-electron chi connectivity index (χ4n) is 2.76. The van der Waals surface area contributed by atoms with Crippen molar-refractivity contribution in [2.24, 2.45) is 5.10 Å². The van der Waals surface area contributed by atoms with Crippen LogP contribution in [0.15, 0.2) is 89.0 Å². The zero-order chi connectivity index (χ0) is 23.6. The van der Waals surface area contributed by atoms with Crippen LogP contribution in [-0.4, -0.2) is 31.8 Å². The Morgan fingerprint density at radius 3 is 2.52 bits per heavy atom. The van der Waals surface area contributed by atoms with Crippen LogP contribution in [0.2, 0.25) is 0 Å². The second kappa shape index (κ2) is 11.6. The number of carbonyl (C=O) groups excluding carboxylic acids is 2. The van der Waals surface area contributed by atoms with Crippen LogP contribution in [0.4, 0.5) is 0 Å². The van der Waals surface area contributed by atoms with Crippen LogP contribution in [-0.2, 0) is 0 Å². The molecule has 0 aliphatic rings. The van der Waals surface area contributed by atoms with Gasteiger partial charge in [0, 0.05) is 4.47 Å². The van der Waals surface area contributed by atoms with Crippen LogP contribution in [0.25, 0.3) is 0 Å². The maximum Gasteiger partial charge on any atom is 0.343 e. The first-order valence-corrected chi connectivity index (χ1v) is 10.6. The van der Waals surface area contributed by atoms with Crippen molar-refractivity contribution < 1.29 is 23.8 Å². The van der Waals surface area contributed by atoms with Crippen molar-refractivity contribution in [2.75, 3.05) is 13.7 Å². The second-order valence-corrected chi connectivity index (χ2v) is 7.52. The maximum atomic E-state index is 12.6. The molecule has 8 heteroatoms. The molecule has 0 heterocycles. The summed E-state index contributed by atoms with van der Waals surface area (Å²) in [6.45, 7) is 3.88. The molecule has 7 nitrogen and oxygen atoms in total. The molecule has 0 atom stereocenters. The molecule has 3 aromatic rings. The van der Waals surface area contributed by atoms with Crippen molar-refractivity contribution in [3.8, 4) is 17.2 Å². The van der Waals surface area contributed by atoms with E-state index in [1.54, 1.807) is 66.7 Å². The number of rotatable bonds is 9. The summed E-state index contributed by atoms with van der Waals surface area (Å²) in [4.78, 5) is 24.9. The molecule has 0 saturated carbocycles. The molecule has 0 aliphatic carbocycles. The van der Waals surface area contributed by atoms with Crippen molar-refractivity contribution >= 4 is 34.0 Å². The summed E-state index contributed by atoms with van der Waals surface area (Å²) in [6.07, 6.45) is 3.04. The third-order valence-electron chi connectivity index (χ3n) is 4.32. The Balaban J connectivity index is 1.69. The lowest BCUT2D eigenvalue weighted by molar-refractivity contribution is 0.0729. The molecule has 33 heavy (non-hydrogen) atoms. The fourth-order valence-corrected chi connectivity index (χ4v) is 3.12. The van der Waals surface area contributed by atoms with Gasteiger partial charge in [0.05, 0.1) is 24.5 Å². The average molecular weight is 509 g/mol. The van der Waals surface area contributed by atoms with Crippen LogP contribution in [0.3, 0.4) is 0 Å². The zero-order valence-corrected chi connectivity index (χ0v) is 19.4. The third-order valence-corrected chi connectivity index (χ3v) is 4.82. The maximum absolute atomic E-state index is 12.6. The van der Waals surface area contributed by atoms with Crippen LogP contribution in [0, 0.1) is 0 Å². The Labute approximate surface area is 199 Å². The Morgan fingerprint density at radius 1 is 1.03 bits per heavy atom. The lowest BCUT2D eigenvalue weighted by Gasteiger charge is -2.10. The van der Waals surface area contributed by atoms with Gasteiger partial charge in [-0.05, 0) is 54.1 Å². The normalized spacial score (nSPS) is 10.5. The van der Waals surface area contributed by atoms with Crippen LogP contribution in [0.5, 0.6) is 17.2 Å². The van der Waals surface area contributed by atoms with E-state index in [0.29, 0.717) is 28.2 Å². The lowest BCUT2D eigenvalue weighted by Crippen LogP contribution is -2.19. The molecule has 0 saturated heterocycles. The highest BCUT2D eigenvalue weighted by Gasteiger charge is 2.14. The molecule has 1 N–H and O–H groups in total. The average Bonchev–Trinajstić information content (AvgIpc) is 2.84. The Kier molecular flexibility index (Phi) is 8.37. The predicted molar refractivity (Wildman–Crippen MR) is 129 cm³/mol. The summed E-state index contributed by atoms with van der Waals surface area (Å²) in [5, 5.41) is 4.00. The molecule has 0 aliphatic heterocycles. The fraction of sp³-hybridized carbons (Fsp3) is 0.0800. The molecule has 0 unspecified atom stereocenters. The molecular weight excluding hydrogens is 488 g/mol. The molecule has 0 fully saturated rings. The molecule has 0 aromatic heterocycles. The minimum Gasteiger partial charge on any atom is -0.493 e. The standard InChI is InChI=1S/C25H21BrN2O5/c1-3-13-32-21-12-10-19(26)15-20(21)24(29)28-27-16-17-9-11-22(23(14-17)31-2)33-25(30)18-7-5-4-6-8-18/h3-12,14-16H,1,13H2,2H3,(H,28,29). The quantitative estimate of drug-likeness (QED) is 0.144. The second-order valence-electron chi connectivity index (χ2n) is 6.61. The minimum atomic E-state index is -0.494. The van der Waals surface area contributed by atoms with Gasteiger partial charge in [0.25, 0.3) is 5.91 Å². The summed E-state index contributed by atoms with van der Waals surface area (Å²) in [5.41, 5.74) is 3.85. The van der Waals surface area contributed by atoms with E-state index in [1.807, 2.05) is 6.07 Å². The van der Waals surface area contributed by atoms with Gasteiger partial charge in [-0.25, -0.2) is 10.2 Å². The van der Waals surface area contributed by atoms with E-state index < -0.39 is 11.9 Å². The number of hydrogen-bond acceptors (Lipinski definition) is 6. The van der Waals surface area contributed by atoms with Crippen molar-refractivity contribution in [3.63, 3.8) is 0 Å². The minimum absolute atomic E-state index is 0.269. The van der Waals surface area contributed by atoms with Gasteiger partial charge in [0.1, 0.15) is 12.4 Å². The number of nitrogens with zero attached hydrogens (tertiary/aromatic N) is 1. The summed E-state index contributed by atoms with van der Waals surface area (Å²) in [7, 11) is 1.47. The summed E-state index contributed by atoms with van der Waals surface area (Å²) < 4.78 is 17.0. The van der Waals surface area contributed by atoms with Gasteiger partial charge in [-0.2, -0.15) is 5.10 Å². The highest BCUT2D eigenvalue weighted by molar-refractivity contribution is 9.10. The van der Waals surface area contributed by atoms with Gasteiger partial charge in [0.15, 0.2) is 11.5 Å². The number of nitrogens with one attached hydrogen (secondary N) is 1. The number of esters is 1. The first kappa shape index (κ1) is 23.7. The topological polar surface area (TPSA) is 86.2 Å². The lowest BCUT2D eigenvalue weighted by atomic mass is 10.2. The van der Waals surface area contributed by atoms with E-state index in [1.165, 1.54) is 13.3 Å². The number of ether oxygens (including phenoxy) is 3. The summed E-state index contributed by atoms with van der Waals surface area (Å²) in [5.74, 6) is 0.0995. The van der Waals surface area contributed by atoms with Gasteiger partial charge in [-0.1, -0.05) is 46.8 Å². The number of benzene rings is 3. The van der Waals surface area contributed by atoms with Gasteiger partial charge >= 0.3 is 5.97 Å². The Bertz CT molecular complexity index is 1180. The van der Waals surface area contributed by atoms with Gasteiger partial charge in [0.2, 0.25) is 0 Å². The number of carbonyl (C=O) groups is 2. The molecule has 3 rings (SSSR count). The van der Waals surface area contributed by atoms with Crippen molar-refractivity contribution in [3.05, 3.63) is 101 Å². The van der Waals surface area contributed by atoms with E-state index in [9.17, 15) is 9.59 Å². The third kappa shape index (κ3) is 6.54. The number of amides is 1. The van der Waals surface area contributed by atoms with E-state index in [-0.39, 0.29) is 12.4 Å². The van der Waals surface area contributed by atoms with Crippen molar-refractivity contribution in [2.45, 2.75) is 0 Å². The van der Waals surface area contributed by atoms with Gasteiger partial charge < -0.3 is 14.2 Å². The molecule has 3 aromatic carbocycles. The smallest absolute Gasteiger partial charge is 0.343 e. The zero-order valence-electron chi connectivity index (χ0n) is 17.8. The van der Waals surface area contributed by atoms with Crippen molar-refractivity contribution in [1.82, 2.24) is 5.43 Å². The van der Waals surface area contributed by atoms with E-state index in [4.69, 9.17) is 14.2 Å². The van der Waals surface area contributed by atoms with Crippen LogP contribution >= 0.6 is 15.9 Å². The summed E-state index contributed by atoms with van der Waals surface area (Å²) in [6, 6.07) is 18.7. The number of hydrogen-bond donors (Lipinski definition) is 1. The Hall–Kier alpha value is -3.91. The van der Waals surface area contributed by atoms with E-state index in [0.717, 1.165) is 4.47 Å². The number of methoxy groups -OCH3 is 1. The molecular formula is C25H21BrN2O5. The summed E-state index contributed by atoms with van der Waals surface area (Å²) >= 11 is 3.35. The van der Waals surface area contributed by atoms with E-state index in [2.05, 4.69) is 33.0 Å². The van der Waals surface area contributed by atoms with E-state index >= 15 is 0 Å². The van der Waals surface area contributed by atoms with Crippen molar-refractivity contribution in [1.29, 1.82) is 0 Å². The largest absolute Gasteiger partial charge is 0.493 e. The molecule has 0 spiro atoms. The first-order valence-electron chi connectivity index (χ1n) is 9.83. The highest BCUT2D eigenvalue weighted by Crippen LogP contribution is 2.28. The monoisotopic (exact) mass is 508 g/mol. The molecule has 168 valence electrons. The van der Waals surface area contributed by atoms with Gasteiger partial charge in [-0.15, -0.1) is 0 Å². The molecule has 0 bridgehead atoms. The molecule has 0 radical (unpaired) electrons. The number of halogens is 1. The van der Waals surface area contributed by atoms with Crippen LogP contribution < -0.4 is 19.6 Å². The first-order chi connectivity index (χ1) is 16.0. The highest BCUT2D eigenvalue weighted by atomic mass is 79.9.